The van der Waals surface area contributed by atoms with Gasteiger partial charge in [0.05, 0.1) is 18.8 Å². The number of carboxylic acid groups (broad SMARTS) is 1. The molecule has 2 N–H and O–H groups in total. The van der Waals surface area contributed by atoms with Crippen molar-refractivity contribution in [2.75, 3.05) is 26.6 Å². The Kier molecular flexibility index (Phi) is 10.0. The van der Waals surface area contributed by atoms with Crippen LogP contribution in [0, 0.1) is 6.92 Å². The Morgan fingerprint density at radius 2 is 1.98 bits per heavy atom. The van der Waals surface area contributed by atoms with Crippen LogP contribution >= 0.6 is 11.8 Å². The Labute approximate surface area is 273 Å². The van der Waals surface area contributed by atoms with E-state index in [4.69, 9.17) is 18.9 Å². The third-order valence-electron chi connectivity index (χ3n) is 7.52. The average Bonchev–Trinajstić information content (AvgIpc) is 3.51. The van der Waals surface area contributed by atoms with E-state index in [1.807, 2.05) is 31.2 Å². The molecule has 5 rings (SSSR count). The molecule has 47 heavy (non-hydrogen) atoms. The summed E-state index contributed by atoms with van der Waals surface area (Å²) in [5.74, 6) is -3.26. The molecule has 2 aliphatic heterocycles. The fraction of sp³-hybridized carbons (Fsp3) is 0.323. The minimum atomic E-state index is -2.03. The first kappa shape index (κ1) is 33.3. The van der Waals surface area contributed by atoms with Crippen LogP contribution in [0.4, 0.5) is 0 Å². The minimum Gasteiger partial charge on any atom is -0.496 e. The van der Waals surface area contributed by atoms with E-state index in [9.17, 15) is 24.3 Å². The fourth-order valence-corrected chi connectivity index (χ4v) is 6.29. The summed E-state index contributed by atoms with van der Waals surface area (Å²) in [6.45, 7) is 5.17. The number of hydrogen-bond acceptors (Lipinski definition) is 12. The number of fused-ring (bicyclic) bond motifs is 1. The molecular weight excluding hydrogens is 632 g/mol. The monoisotopic (exact) mass is 664 g/mol. The van der Waals surface area contributed by atoms with Gasteiger partial charge in [0.15, 0.2) is 6.23 Å². The molecule has 0 bridgehead atoms. The van der Waals surface area contributed by atoms with Crippen LogP contribution in [0.5, 0.6) is 5.75 Å². The molecule has 0 radical (unpaired) electrons. The Morgan fingerprint density at radius 3 is 2.68 bits per heavy atom. The summed E-state index contributed by atoms with van der Waals surface area (Å²) in [7, 11) is 2.64. The van der Waals surface area contributed by atoms with Gasteiger partial charge >= 0.3 is 11.9 Å². The standard InChI is InChI=1S/C31H32N6O9S/c1-5-13-45-24(38)16-36-30(33-34-35-36)47-17-21-23(15-19-10-8-9-18(2)14-19)46-29-31(44-4,28(42)37(29)25(21)27(40)41)32-26(39)20-11-6-7-12-22(20)43-3/h5-12,14,23,29H,1,13,15-17H2,2-4H3,(H,32,39)(H,40,41)/t23?,29-,31+/m1/s1. The molecule has 1 unspecified atom stereocenters. The highest BCUT2D eigenvalue weighted by Gasteiger charge is 2.68. The van der Waals surface area contributed by atoms with Crippen molar-refractivity contribution in [2.24, 2.45) is 0 Å². The van der Waals surface area contributed by atoms with Gasteiger partial charge in [0.1, 0.15) is 24.6 Å². The van der Waals surface area contributed by atoms with Gasteiger partial charge in [0, 0.05) is 24.9 Å². The Morgan fingerprint density at radius 1 is 1.19 bits per heavy atom. The maximum Gasteiger partial charge on any atom is 0.352 e. The van der Waals surface area contributed by atoms with Crippen molar-refractivity contribution in [3.63, 3.8) is 0 Å². The van der Waals surface area contributed by atoms with Crippen molar-refractivity contribution in [1.29, 1.82) is 0 Å². The molecule has 1 aromatic heterocycles. The van der Waals surface area contributed by atoms with E-state index in [0.29, 0.717) is 0 Å². The first-order valence-electron chi connectivity index (χ1n) is 14.3. The van der Waals surface area contributed by atoms with Gasteiger partial charge in [0.25, 0.3) is 17.5 Å². The molecule has 1 fully saturated rings. The normalized spacial score (nSPS) is 20.2. The van der Waals surface area contributed by atoms with Crippen molar-refractivity contribution in [3.05, 3.63) is 89.1 Å². The number of nitrogens with zero attached hydrogens (tertiary/aromatic N) is 5. The number of carbonyl (C=O) groups excluding carboxylic acids is 3. The summed E-state index contributed by atoms with van der Waals surface area (Å²) in [6, 6.07) is 14.0. The second-order valence-corrected chi connectivity index (χ2v) is 11.4. The molecule has 3 aromatic rings. The Balaban J connectivity index is 1.49. The number of thioether (sulfide) groups is 1. The molecule has 0 aliphatic carbocycles. The zero-order valence-corrected chi connectivity index (χ0v) is 26.6. The van der Waals surface area contributed by atoms with Crippen LogP contribution in [-0.2, 0) is 41.6 Å². The molecule has 0 saturated carbocycles. The smallest absolute Gasteiger partial charge is 0.352 e. The second kappa shape index (κ2) is 14.1. The number of ether oxygens (including phenoxy) is 4. The number of aromatic nitrogens is 4. The number of benzene rings is 2. The third kappa shape index (κ3) is 6.61. The van der Waals surface area contributed by atoms with E-state index < -0.39 is 41.8 Å². The molecular formula is C31H32N6O9S. The van der Waals surface area contributed by atoms with Crippen LogP contribution in [0.1, 0.15) is 21.5 Å². The van der Waals surface area contributed by atoms with Crippen LogP contribution in [0.3, 0.4) is 0 Å². The number of tetrazole rings is 1. The van der Waals surface area contributed by atoms with Crippen molar-refractivity contribution >= 4 is 35.5 Å². The highest BCUT2D eigenvalue weighted by molar-refractivity contribution is 7.99. The first-order valence-corrected chi connectivity index (χ1v) is 15.3. The highest BCUT2D eigenvalue weighted by Crippen LogP contribution is 2.44. The molecule has 0 spiro atoms. The number of carboxylic acids is 1. The number of methoxy groups -OCH3 is 2. The second-order valence-electron chi connectivity index (χ2n) is 10.5. The van der Waals surface area contributed by atoms with Crippen molar-refractivity contribution < 1.29 is 43.2 Å². The average molecular weight is 665 g/mol. The number of carbonyl (C=O) groups is 4. The Bertz CT molecular complexity index is 1740. The SMILES string of the molecule is C=CCOC(=O)Cn1nnnc1SCC1=C(C(=O)O)N2C(=O)[C@](NC(=O)c3ccccc3OC)(OC)[C@H]2OC1Cc1cccc(C)c1. The van der Waals surface area contributed by atoms with Crippen LogP contribution in [0.15, 0.2) is 77.6 Å². The van der Waals surface area contributed by atoms with Crippen LogP contribution in [0.25, 0.3) is 0 Å². The summed E-state index contributed by atoms with van der Waals surface area (Å²) in [5.41, 5.74) is -0.120. The van der Waals surface area contributed by atoms with E-state index in [2.05, 4.69) is 27.4 Å². The lowest BCUT2D eigenvalue weighted by Gasteiger charge is -2.57. The van der Waals surface area contributed by atoms with Crippen molar-refractivity contribution in [3.8, 4) is 5.75 Å². The van der Waals surface area contributed by atoms with Crippen LogP contribution in [0.2, 0.25) is 0 Å². The summed E-state index contributed by atoms with van der Waals surface area (Å²) in [6.07, 6.45) is -0.550. The Hall–Kier alpha value is -5.06. The molecule has 2 aromatic carbocycles. The number of hydrogen-bond donors (Lipinski definition) is 2. The minimum absolute atomic E-state index is 0.0175. The predicted octanol–water partition coefficient (Wildman–Crippen LogP) is 1.73. The maximum atomic E-state index is 13.8. The summed E-state index contributed by atoms with van der Waals surface area (Å²) in [5, 5.41) is 24.8. The van der Waals surface area contributed by atoms with E-state index in [1.165, 1.54) is 31.0 Å². The fourth-order valence-electron chi connectivity index (χ4n) is 5.34. The topological polar surface area (TPSA) is 184 Å². The maximum absolute atomic E-state index is 13.8. The highest BCUT2D eigenvalue weighted by atomic mass is 32.2. The molecule has 3 atom stereocenters. The molecule has 1 saturated heterocycles. The predicted molar refractivity (Wildman–Crippen MR) is 165 cm³/mol. The van der Waals surface area contributed by atoms with Gasteiger partial charge in [-0.15, -0.1) is 5.10 Å². The van der Waals surface area contributed by atoms with Crippen molar-refractivity contribution in [1.82, 2.24) is 30.4 Å². The number of rotatable bonds is 14. The van der Waals surface area contributed by atoms with E-state index in [1.54, 1.807) is 18.2 Å². The molecule has 246 valence electrons. The molecule has 16 heteroatoms. The van der Waals surface area contributed by atoms with Gasteiger partial charge in [-0.25, -0.2) is 9.48 Å². The van der Waals surface area contributed by atoms with Crippen LogP contribution < -0.4 is 10.1 Å². The number of β-lactam (4-membered cyclic amide) rings is 1. The van der Waals surface area contributed by atoms with E-state index >= 15 is 0 Å². The summed E-state index contributed by atoms with van der Waals surface area (Å²) >= 11 is 1.06. The number of aryl methyl sites for hydroxylation is 1. The molecule has 2 aliphatic rings. The van der Waals surface area contributed by atoms with E-state index in [0.717, 1.165) is 27.8 Å². The lowest BCUT2D eigenvalue weighted by molar-refractivity contribution is -0.266. The zero-order valence-electron chi connectivity index (χ0n) is 25.7. The van der Waals surface area contributed by atoms with Gasteiger partial charge in [-0.2, -0.15) is 0 Å². The third-order valence-corrected chi connectivity index (χ3v) is 8.53. The number of para-hydroxylation sites is 1. The van der Waals surface area contributed by atoms with Gasteiger partial charge in [-0.1, -0.05) is 66.4 Å². The largest absolute Gasteiger partial charge is 0.496 e. The summed E-state index contributed by atoms with van der Waals surface area (Å²) in [4.78, 5) is 53.2. The van der Waals surface area contributed by atoms with E-state index in [-0.39, 0.29) is 53.1 Å². The van der Waals surface area contributed by atoms with Gasteiger partial charge in [-0.05, 0) is 35.0 Å². The molecule has 15 nitrogen and oxygen atoms in total. The summed E-state index contributed by atoms with van der Waals surface area (Å²) < 4.78 is 23.6. The van der Waals surface area contributed by atoms with Crippen LogP contribution in [-0.4, -0.2) is 98.6 Å². The van der Waals surface area contributed by atoms with Gasteiger partial charge < -0.3 is 29.4 Å². The van der Waals surface area contributed by atoms with Gasteiger partial charge in [0.2, 0.25) is 5.16 Å². The number of nitrogens with one attached hydrogen (secondary N) is 1. The first-order chi connectivity index (χ1) is 22.6. The lowest BCUT2D eigenvalue weighted by Crippen LogP contribution is -2.83. The number of esters is 1. The lowest BCUT2D eigenvalue weighted by atomic mass is 9.90. The number of aliphatic carboxylic acids is 1. The number of amides is 2. The van der Waals surface area contributed by atoms with Crippen molar-refractivity contribution in [2.45, 2.75) is 43.1 Å². The molecule has 2 amide bonds. The molecule has 3 heterocycles. The zero-order chi connectivity index (χ0) is 33.7. The quantitative estimate of drug-likeness (QED) is 0.0836. The van der Waals surface area contributed by atoms with Gasteiger partial charge in [-0.3, -0.25) is 19.3 Å².